The van der Waals surface area contributed by atoms with E-state index in [2.05, 4.69) is 0 Å². The van der Waals surface area contributed by atoms with Gasteiger partial charge in [0.1, 0.15) is 0 Å². The summed E-state index contributed by atoms with van der Waals surface area (Å²) < 4.78 is 27.1. The Morgan fingerprint density at radius 2 is 1.52 bits per heavy atom. The SMILES string of the molecule is O=C(C=Cc1ccc([N+](=O)[O-])cc1)c1ccc(S(=O)(=O)N2CCCCCC2)cc1. The van der Waals surface area contributed by atoms with Gasteiger partial charge in [-0.15, -0.1) is 0 Å². The van der Waals surface area contributed by atoms with Crippen LogP contribution in [0.3, 0.4) is 0 Å². The molecule has 7 nitrogen and oxygen atoms in total. The van der Waals surface area contributed by atoms with Crippen LogP contribution in [-0.2, 0) is 10.0 Å². The van der Waals surface area contributed by atoms with Crippen molar-refractivity contribution in [3.05, 3.63) is 75.8 Å². The van der Waals surface area contributed by atoms with Gasteiger partial charge >= 0.3 is 0 Å². The summed E-state index contributed by atoms with van der Waals surface area (Å²) in [7, 11) is -3.55. The molecule has 0 spiro atoms. The Bertz CT molecular complexity index is 1000. The second kappa shape index (κ2) is 9.11. The molecule has 29 heavy (non-hydrogen) atoms. The number of nitro groups is 1. The number of hydrogen-bond acceptors (Lipinski definition) is 5. The van der Waals surface area contributed by atoms with E-state index >= 15 is 0 Å². The zero-order valence-corrected chi connectivity index (χ0v) is 16.7. The van der Waals surface area contributed by atoms with Crippen molar-refractivity contribution in [3.63, 3.8) is 0 Å². The summed E-state index contributed by atoms with van der Waals surface area (Å²) in [4.78, 5) is 22.7. The molecule has 2 aromatic carbocycles. The molecular weight excluding hydrogens is 392 g/mol. The van der Waals surface area contributed by atoms with Crippen LogP contribution in [0.1, 0.15) is 41.6 Å². The van der Waals surface area contributed by atoms with Gasteiger partial charge in [-0.2, -0.15) is 4.31 Å². The van der Waals surface area contributed by atoms with Crippen LogP contribution in [0.2, 0.25) is 0 Å². The molecule has 0 aliphatic carbocycles. The number of carbonyl (C=O) groups excluding carboxylic acids is 1. The van der Waals surface area contributed by atoms with Crippen molar-refractivity contribution >= 4 is 27.6 Å². The molecule has 0 amide bonds. The van der Waals surface area contributed by atoms with Gasteiger partial charge in [0.2, 0.25) is 10.0 Å². The maximum absolute atomic E-state index is 12.8. The third kappa shape index (κ3) is 5.16. The van der Waals surface area contributed by atoms with Gasteiger partial charge < -0.3 is 0 Å². The Morgan fingerprint density at radius 1 is 0.931 bits per heavy atom. The molecule has 3 rings (SSSR count). The lowest BCUT2D eigenvalue weighted by Gasteiger charge is -2.19. The number of allylic oxidation sites excluding steroid dienone is 1. The summed E-state index contributed by atoms with van der Waals surface area (Å²) in [6, 6.07) is 11.8. The number of nitrogens with zero attached hydrogens (tertiary/aromatic N) is 2. The Labute approximate surface area is 169 Å². The predicted molar refractivity (Wildman–Crippen MR) is 110 cm³/mol. The summed E-state index contributed by atoms with van der Waals surface area (Å²) in [6.45, 7) is 1.06. The standard InChI is InChI=1S/C21H22N2O5S/c24-21(14-7-17-5-10-19(11-6-17)23(25)26)18-8-12-20(13-9-18)29(27,28)22-15-3-1-2-4-16-22/h5-14H,1-4,15-16H2. The molecule has 1 aliphatic rings. The first-order valence-corrected chi connectivity index (χ1v) is 10.9. The molecule has 1 heterocycles. The molecule has 2 aromatic rings. The molecule has 0 bridgehead atoms. The van der Waals surface area contributed by atoms with Gasteiger partial charge in [-0.05, 0) is 60.9 Å². The number of benzene rings is 2. The van der Waals surface area contributed by atoms with Gasteiger partial charge in [0.15, 0.2) is 5.78 Å². The fourth-order valence-electron chi connectivity index (χ4n) is 3.20. The Morgan fingerprint density at radius 3 is 2.07 bits per heavy atom. The topological polar surface area (TPSA) is 97.6 Å². The lowest BCUT2D eigenvalue weighted by molar-refractivity contribution is -0.384. The largest absolute Gasteiger partial charge is 0.289 e. The summed E-state index contributed by atoms with van der Waals surface area (Å²) >= 11 is 0. The maximum atomic E-state index is 12.8. The van der Waals surface area contributed by atoms with Gasteiger partial charge in [0.05, 0.1) is 9.82 Å². The van der Waals surface area contributed by atoms with E-state index in [-0.39, 0.29) is 16.4 Å². The molecule has 0 unspecified atom stereocenters. The molecule has 0 atom stereocenters. The zero-order valence-electron chi connectivity index (χ0n) is 15.9. The molecule has 1 aliphatic heterocycles. The lowest BCUT2D eigenvalue weighted by Crippen LogP contribution is -2.31. The van der Waals surface area contributed by atoms with E-state index in [0.29, 0.717) is 24.2 Å². The minimum atomic E-state index is -3.55. The van der Waals surface area contributed by atoms with E-state index in [4.69, 9.17) is 0 Å². The molecule has 0 saturated carbocycles. The van der Waals surface area contributed by atoms with Crippen molar-refractivity contribution in [1.29, 1.82) is 0 Å². The Hall–Kier alpha value is -2.84. The number of hydrogen-bond donors (Lipinski definition) is 0. The minimum Gasteiger partial charge on any atom is -0.289 e. The molecule has 8 heteroatoms. The van der Waals surface area contributed by atoms with Crippen LogP contribution in [0.15, 0.2) is 59.5 Å². The Kier molecular flexibility index (Phi) is 6.56. The second-order valence-corrected chi connectivity index (χ2v) is 8.83. The van der Waals surface area contributed by atoms with Gasteiger partial charge in [0, 0.05) is 30.8 Å². The third-order valence-corrected chi connectivity index (χ3v) is 6.79. The molecule has 0 N–H and O–H groups in total. The van der Waals surface area contributed by atoms with E-state index < -0.39 is 14.9 Å². The van der Waals surface area contributed by atoms with Crippen molar-refractivity contribution in [1.82, 2.24) is 4.31 Å². The van der Waals surface area contributed by atoms with Gasteiger partial charge in [-0.25, -0.2) is 8.42 Å². The van der Waals surface area contributed by atoms with Crippen LogP contribution in [0, 0.1) is 10.1 Å². The van der Waals surface area contributed by atoms with Crippen molar-refractivity contribution < 1.29 is 18.1 Å². The van der Waals surface area contributed by atoms with Crippen LogP contribution in [-0.4, -0.2) is 36.5 Å². The number of rotatable bonds is 6. The van der Waals surface area contributed by atoms with E-state index in [0.717, 1.165) is 25.7 Å². The number of carbonyl (C=O) groups is 1. The van der Waals surface area contributed by atoms with Gasteiger partial charge in [-0.1, -0.05) is 18.9 Å². The van der Waals surface area contributed by atoms with Crippen LogP contribution in [0.5, 0.6) is 0 Å². The first-order valence-electron chi connectivity index (χ1n) is 9.45. The second-order valence-electron chi connectivity index (χ2n) is 6.89. The number of non-ortho nitro benzene ring substituents is 1. The molecule has 0 radical (unpaired) electrons. The first kappa shape index (κ1) is 20.9. The highest BCUT2D eigenvalue weighted by atomic mass is 32.2. The smallest absolute Gasteiger partial charge is 0.269 e. The zero-order chi connectivity index (χ0) is 20.9. The van der Waals surface area contributed by atoms with Crippen LogP contribution in [0.25, 0.3) is 6.08 Å². The third-order valence-electron chi connectivity index (χ3n) is 4.87. The highest BCUT2D eigenvalue weighted by Gasteiger charge is 2.25. The number of sulfonamides is 1. The minimum absolute atomic E-state index is 0.0188. The van der Waals surface area contributed by atoms with Crippen molar-refractivity contribution in [2.24, 2.45) is 0 Å². The molecule has 0 aromatic heterocycles. The summed E-state index contributed by atoms with van der Waals surface area (Å²) in [6.07, 6.45) is 6.74. The first-order chi connectivity index (χ1) is 13.9. The predicted octanol–water partition coefficient (Wildman–Crippen LogP) is 4.06. The lowest BCUT2D eigenvalue weighted by atomic mass is 10.1. The van der Waals surface area contributed by atoms with Gasteiger partial charge in [-0.3, -0.25) is 14.9 Å². The van der Waals surface area contributed by atoms with E-state index in [9.17, 15) is 23.3 Å². The molecule has 1 saturated heterocycles. The molecule has 1 fully saturated rings. The van der Waals surface area contributed by atoms with Crippen molar-refractivity contribution in [2.45, 2.75) is 30.6 Å². The fourth-order valence-corrected chi connectivity index (χ4v) is 4.71. The summed E-state index contributed by atoms with van der Waals surface area (Å²) in [5.74, 6) is -0.276. The highest BCUT2D eigenvalue weighted by molar-refractivity contribution is 7.89. The Balaban J connectivity index is 1.70. The summed E-state index contributed by atoms with van der Waals surface area (Å²) in [5, 5.41) is 10.7. The monoisotopic (exact) mass is 414 g/mol. The average Bonchev–Trinajstić information content (AvgIpc) is 3.02. The number of ketones is 1. The van der Waals surface area contributed by atoms with Crippen LogP contribution in [0.4, 0.5) is 5.69 Å². The van der Waals surface area contributed by atoms with E-state index in [1.54, 1.807) is 18.2 Å². The van der Waals surface area contributed by atoms with Crippen molar-refractivity contribution in [3.8, 4) is 0 Å². The maximum Gasteiger partial charge on any atom is 0.269 e. The molecule has 152 valence electrons. The summed E-state index contributed by atoms with van der Waals surface area (Å²) in [5.41, 5.74) is 1.01. The quantitative estimate of drug-likeness (QED) is 0.307. The molecular formula is C21H22N2O5S. The number of nitro benzene ring substituents is 1. The normalized spacial score (nSPS) is 15.9. The average molecular weight is 414 g/mol. The van der Waals surface area contributed by atoms with Crippen molar-refractivity contribution in [2.75, 3.05) is 13.1 Å². The highest BCUT2D eigenvalue weighted by Crippen LogP contribution is 2.21. The van der Waals surface area contributed by atoms with E-state index in [1.165, 1.54) is 46.8 Å². The van der Waals surface area contributed by atoms with Crippen LogP contribution < -0.4 is 0 Å². The van der Waals surface area contributed by atoms with Gasteiger partial charge in [0.25, 0.3) is 5.69 Å². The van der Waals surface area contributed by atoms with Crippen LogP contribution >= 0.6 is 0 Å². The fraction of sp³-hybridized carbons (Fsp3) is 0.286. The van der Waals surface area contributed by atoms with E-state index in [1.807, 2.05) is 0 Å².